The van der Waals surface area contributed by atoms with Crippen molar-refractivity contribution in [3.05, 3.63) is 29.6 Å². The molecule has 0 saturated heterocycles. The molecule has 19 heavy (non-hydrogen) atoms. The summed E-state index contributed by atoms with van der Waals surface area (Å²) in [6, 6.07) is 4.65. The number of rotatable bonds is 9. The molecule has 1 heterocycles. The van der Waals surface area contributed by atoms with Crippen LogP contribution < -0.4 is 5.32 Å². The van der Waals surface area contributed by atoms with Gasteiger partial charge in [-0.15, -0.1) is 0 Å². The van der Waals surface area contributed by atoms with Crippen LogP contribution in [-0.4, -0.2) is 12.0 Å². The average Bonchev–Trinajstić information content (AvgIpc) is 2.47. The van der Waals surface area contributed by atoms with Gasteiger partial charge in [0.2, 0.25) is 0 Å². The molecule has 0 saturated carbocycles. The van der Waals surface area contributed by atoms with Crippen molar-refractivity contribution in [1.82, 2.24) is 10.3 Å². The van der Waals surface area contributed by atoms with Crippen molar-refractivity contribution >= 4 is 0 Å². The molecule has 0 fully saturated rings. The van der Waals surface area contributed by atoms with Crippen LogP contribution in [0, 0.1) is 5.92 Å². The number of unbranched alkanes of at least 4 members (excludes halogenated alkanes) is 1. The second-order valence-corrected chi connectivity index (χ2v) is 5.39. The van der Waals surface area contributed by atoms with Gasteiger partial charge < -0.3 is 5.32 Å². The quantitative estimate of drug-likeness (QED) is 0.708. The first-order valence-corrected chi connectivity index (χ1v) is 7.87. The van der Waals surface area contributed by atoms with Crippen LogP contribution in [0.3, 0.4) is 0 Å². The molecule has 108 valence electrons. The molecule has 1 rings (SSSR count). The Hall–Kier alpha value is -0.890. The molecule has 2 nitrogen and oxygen atoms in total. The van der Waals surface area contributed by atoms with Gasteiger partial charge in [0.25, 0.3) is 0 Å². The van der Waals surface area contributed by atoms with Gasteiger partial charge in [-0.3, -0.25) is 4.98 Å². The summed E-state index contributed by atoms with van der Waals surface area (Å²) < 4.78 is 0. The van der Waals surface area contributed by atoms with Gasteiger partial charge in [-0.05, 0) is 37.4 Å². The van der Waals surface area contributed by atoms with E-state index in [1.54, 1.807) is 0 Å². The third-order valence-corrected chi connectivity index (χ3v) is 4.10. The topological polar surface area (TPSA) is 24.9 Å². The van der Waals surface area contributed by atoms with Crippen LogP contribution in [0.15, 0.2) is 18.3 Å². The lowest BCUT2D eigenvalue weighted by Crippen LogP contribution is -2.22. The second-order valence-electron chi connectivity index (χ2n) is 5.39. The normalized spacial score (nSPS) is 14.3. The Morgan fingerprint density at radius 2 is 2.05 bits per heavy atom. The van der Waals surface area contributed by atoms with E-state index in [1.807, 2.05) is 12.3 Å². The fourth-order valence-electron chi connectivity index (χ4n) is 2.74. The van der Waals surface area contributed by atoms with Crippen LogP contribution in [0.1, 0.15) is 70.2 Å². The summed E-state index contributed by atoms with van der Waals surface area (Å²) in [5.74, 6) is 0.809. The largest absolute Gasteiger partial charge is 0.312 e. The van der Waals surface area contributed by atoms with Crippen molar-refractivity contribution in [3.8, 4) is 0 Å². The van der Waals surface area contributed by atoms with E-state index in [2.05, 4.69) is 44.2 Å². The zero-order valence-electron chi connectivity index (χ0n) is 13.1. The van der Waals surface area contributed by atoms with Crippen LogP contribution in [0.4, 0.5) is 0 Å². The van der Waals surface area contributed by atoms with E-state index < -0.39 is 0 Å². The Balaban J connectivity index is 2.75. The minimum atomic E-state index is 0.401. The van der Waals surface area contributed by atoms with Gasteiger partial charge in [0.05, 0.1) is 5.69 Å². The highest BCUT2D eigenvalue weighted by molar-refractivity contribution is 5.22. The minimum Gasteiger partial charge on any atom is -0.312 e. The first-order valence-electron chi connectivity index (χ1n) is 7.87. The van der Waals surface area contributed by atoms with Gasteiger partial charge in [0.1, 0.15) is 0 Å². The third kappa shape index (κ3) is 4.94. The molecular weight excluding hydrogens is 232 g/mol. The zero-order valence-corrected chi connectivity index (χ0v) is 13.1. The van der Waals surface area contributed by atoms with Gasteiger partial charge in [-0.2, -0.15) is 0 Å². The number of pyridine rings is 1. The zero-order chi connectivity index (χ0) is 14.1. The molecule has 1 aromatic heterocycles. The lowest BCUT2D eigenvalue weighted by molar-refractivity contribution is 0.360. The van der Waals surface area contributed by atoms with Crippen LogP contribution in [0.5, 0.6) is 0 Å². The van der Waals surface area contributed by atoms with Crippen molar-refractivity contribution in [2.45, 2.75) is 65.3 Å². The molecule has 1 aromatic rings. The van der Waals surface area contributed by atoms with Crippen LogP contribution >= 0.6 is 0 Å². The first-order chi connectivity index (χ1) is 9.26. The number of hydrogen-bond donors (Lipinski definition) is 1. The Labute approximate surface area is 119 Å². The molecule has 0 spiro atoms. The van der Waals surface area contributed by atoms with Gasteiger partial charge in [0.15, 0.2) is 0 Å². The van der Waals surface area contributed by atoms with E-state index in [0.717, 1.165) is 12.3 Å². The molecule has 0 bridgehead atoms. The van der Waals surface area contributed by atoms with Crippen LogP contribution in [0.2, 0.25) is 0 Å². The van der Waals surface area contributed by atoms with E-state index >= 15 is 0 Å². The standard InChI is InChI=1S/C17H30N2/c1-5-8-10-14(6-2)13-16(18-4)17-15(7-3)11-9-12-19-17/h9,11-12,14,16,18H,5-8,10,13H2,1-4H3. The van der Waals surface area contributed by atoms with Crippen molar-refractivity contribution in [3.63, 3.8) is 0 Å². The summed E-state index contributed by atoms with van der Waals surface area (Å²) >= 11 is 0. The van der Waals surface area contributed by atoms with Crippen LogP contribution in [-0.2, 0) is 6.42 Å². The second kappa shape index (κ2) is 9.08. The number of nitrogens with zero attached hydrogens (tertiary/aromatic N) is 1. The molecule has 1 N–H and O–H groups in total. The summed E-state index contributed by atoms with van der Waals surface area (Å²) in [7, 11) is 2.06. The fourth-order valence-corrected chi connectivity index (χ4v) is 2.74. The van der Waals surface area contributed by atoms with Crippen molar-refractivity contribution in [1.29, 1.82) is 0 Å². The third-order valence-electron chi connectivity index (χ3n) is 4.10. The van der Waals surface area contributed by atoms with Crippen molar-refractivity contribution in [2.75, 3.05) is 7.05 Å². The maximum atomic E-state index is 4.63. The van der Waals surface area contributed by atoms with E-state index in [1.165, 1.54) is 43.4 Å². The maximum Gasteiger partial charge on any atom is 0.0604 e. The highest BCUT2D eigenvalue weighted by atomic mass is 14.9. The molecular formula is C17H30N2. The maximum absolute atomic E-state index is 4.63. The summed E-state index contributed by atoms with van der Waals surface area (Å²) in [6.45, 7) is 6.80. The first kappa shape index (κ1) is 16.2. The number of aromatic nitrogens is 1. The SMILES string of the molecule is CCCCC(CC)CC(NC)c1ncccc1CC. The van der Waals surface area contributed by atoms with Crippen molar-refractivity contribution < 1.29 is 0 Å². The molecule has 0 amide bonds. The Morgan fingerprint density at radius 3 is 2.63 bits per heavy atom. The number of aryl methyl sites for hydroxylation is 1. The number of nitrogens with one attached hydrogen (secondary N) is 1. The van der Waals surface area contributed by atoms with E-state index in [9.17, 15) is 0 Å². The molecule has 0 aliphatic carbocycles. The summed E-state index contributed by atoms with van der Waals surface area (Å²) in [5.41, 5.74) is 2.63. The van der Waals surface area contributed by atoms with Gasteiger partial charge in [-0.25, -0.2) is 0 Å². The smallest absolute Gasteiger partial charge is 0.0604 e. The lowest BCUT2D eigenvalue weighted by Gasteiger charge is -2.23. The molecule has 0 radical (unpaired) electrons. The fraction of sp³-hybridized carbons (Fsp3) is 0.706. The predicted molar refractivity (Wildman–Crippen MR) is 83.3 cm³/mol. The average molecular weight is 262 g/mol. The highest BCUT2D eigenvalue weighted by Crippen LogP contribution is 2.27. The predicted octanol–water partition coefficient (Wildman–Crippen LogP) is 4.51. The van der Waals surface area contributed by atoms with E-state index in [0.29, 0.717) is 6.04 Å². The monoisotopic (exact) mass is 262 g/mol. The van der Waals surface area contributed by atoms with Gasteiger partial charge in [0, 0.05) is 12.2 Å². The molecule has 0 aliphatic rings. The Kier molecular flexibility index (Phi) is 7.73. The van der Waals surface area contributed by atoms with Crippen molar-refractivity contribution in [2.24, 2.45) is 5.92 Å². The summed E-state index contributed by atoms with van der Waals surface area (Å²) in [5, 5.41) is 3.47. The van der Waals surface area contributed by atoms with Gasteiger partial charge >= 0.3 is 0 Å². The number of hydrogen-bond acceptors (Lipinski definition) is 2. The molecule has 2 heteroatoms. The highest BCUT2D eigenvalue weighted by Gasteiger charge is 2.18. The van der Waals surface area contributed by atoms with Crippen LogP contribution in [0.25, 0.3) is 0 Å². The molecule has 2 atom stereocenters. The van der Waals surface area contributed by atoms with Gasteiger partial charge in [-0.1, -0.05) is 52.5 Å². The molecule has 0 aliphatic heterocycles. The molecule has 0 aromatic carbocycles. The molecule has 2 unspecified atom stereocenters. The lowest BCUT2D eigenvalue weighted by atomic mass is 9.89. The van der Waals surface area contributed by atoms with E-state index in [4.69, 9.17) is 0 Å². The summed E-state index contributed by atoms with van der Waals surface area (Å²) in [4.78, 5) is 4.63. The Morgan fingerprint density at radius 1 is 1.26 bits per heavy atom. The Bertz CT molecular complexity index is 349. The minimum absolute atomic E-state index is 0.401. The summed E-state index contributed by atoms with van der Waals surface area (Å²) in [6.07, 6.45) is 9.45. The van der Waals surface area contributed by atoms with E-state index in [-0.39, 0.29) is 0 Å².